The van der Waals surface area contributed by atoms with E-state index in [1.807, 2.05) is 24.4 Å². The van der Waals surface area contributed by atoms with Gasteiger partial charge >= 0.3 is 0 Å². The molecule has 11 heteroatoms. The summed E-state index contributed by atoms with van der Waals surface area (Å²) in [5.74, 6) is 8.52. The van der Waals surface area contributed by atoms with Crippen LogP contribution in [-0.4, -0.2) is 79.6 Å². The lowest BCUT2D eigenvalue weighted by atomic mass is 9.70. The van der Waals surface area contributed by atoms with Crippen molar-refractivity contribution in [1.82, 2.24) is 10.3 Å². The van der Waals surface area contributed by atoms with E-state index in [1.165, 1.54) is 5.57 Å². The van der Waals surface area contributed by atoms with E-state index in [0.717, 1.165) is 66.5 Å². The third-order valence-electron chi connectivity index (χ3n) is 13.1. The molecule has 1 saturated heterocycles. The first-order valence-electron chi connectivity index (χ1n) is 20.9. The Morgan fingerprint density at radius 3 is 2.61 bits per heavy atom. The van der Waals surface area contributed by atoms with E-state index in [1.54, 1.807) is 21.6 Å². The van der Waals surface area contributed by atoms with Gasteiger partial charge in [-0.1, -0.05) is 77.8 Å². The number of allylic oxidation sites excluding steroid dienone is 3. The van der Waals surface area contributed by atoms with Crippen molar-refractivity contribution < 1.29 is 30.3 Å². The van der Waals surface area contributed by atoms with Gasteiger partial charge in [0.15, 0.2) is 11.5 Å². The van der Waals surface area contributed by atoms with Crippen molar-refractivity contribution in [1.29, 1.82) is 0 Å². The van der Waals surface area contributed by atoms with Crippen LogP contribution in [-0.2, 0) is 12.8 Å². The van der Waals surface area contributed by atoms with Gasteiger partial charge in [0.05, 0.1) is 18.3 Å². The minimum Gasteiger partial charge on any atom is -0.504 e. The molecule has 56 heavy (non-hydrogen) atoms. The second-order valence-electron chi connectivity index (χ2n) is 16.6. The average molecular weight is 804 g/mol. The monoisotopic (exact) mass is 803 g/mol. The molecule has 9 N–H and O–H groups in total. The van der Waals surface area contributed by atoms with Gasteiger partial charge in [-0.3, -0.25) is 0 Å². The molecular weight excluding hydrogens is 743 g/mol. The SMILES string of the molecule is CC[C@H]1C#C[C@H]2C=C3[C@H](CC)Cc4cc(O)c(O[C@H]5C[C@@H](Cc6ccc[nH]6)C6=CCNC(N)=C6CSSC[C@H](CO)[C@@H]5O)cc4[C@@H]3C[C@@H](O)[C@H]2[C@@H](O)CCCC1. The molecule has 1 fully saturated rings. The number of aromatic amines is 1. The molecule has 11 atom stereocenters. The van der Waals surface area contributed by atoms with Gasteiger partial charge in [0, 0.05) is 71.7 Å². The third kappa shape index (κ3) is 9.01. The molecule has 304 valence electrons. The summed E-state index contributed by atoms with van der Waals surface area (Å²) in [6.45, 7) is 4.78. The molecule has 3 aliphatic carbocycles. The number of hydrogen-bond donors (Lipinski definition) is 8. The number of ether oxygens (including phenoxy) is 1. The Bertz CT molecular complexity index is 1820. The van der Waals surface area contributed by atoms with Crippen molar-refractivity contribution in [2.75, 3.05) is 24.7 Å². The van der Waals surface area contributed by atoms with E-state index < -0.39 is 30.3 Å². The van der Waals surface area contributed by atoms with Gasteiger partial charge in [-0.2, -0.15) is 0 Å². The standard InChI is InChI=1S/C45H61N3O6S2/c1-3-26-8-5-6-10-38(50)43-28(12-11-26)18-34-27(4-2)16-29-19-39(51)41(22-35(29)36(34)21-40(43)52)54-42-20-30(17-32-9-7-14-47-32)33-13-15-48-45(46)37(33)25-56-55-24-31(23-49)44(42)53/h7,9,13-14,18-19,22,26-28,30-31,36,38,40,42-44,47-53H,3-6,8,10,15-17,20-21,23-25,46H2,1-2H3/t26-,27-,28+,30-,31+,36-,38+,40-,42+,43-,44+/m1/s1. The smallest absolute Gasteiger partial charge is 0.161 e. The van der Waals surface area contributed by atoms with Crippen molar-refractivity contribution >= 4 is 21.6 Å². The lowest BCUT2D eigenvalue weighted by Gasteiger charge is -2.36. The molecule has 0 saturated carbocycles. The second kappa shape index (κ2) is 18.7. The highest BCUT2D eigenvalue weighted by molar-refractivity contribution is 8.76. The molecule has 0 radical (unpaired) electrons. The highest BCUT2D eigenvalue weighted by atomic mass is 33.1. The van der Waals surface area contributed by atoms with Crippen LogP contribution in [0.15, 0.2) is 65.2 Å². The van der Waals surface area contributed by atoms with Crippen molar-refractivity contribution in [3.8, 4) is 23.3 Å². The maximum atomic E-state index is 12.1. The number of aromatic hydroxyl groups is 1. The second-order valence-corrected chi connectivity index (χ2v) is 19.1. The predicted octanol–water partition coefficient (Wildman–Crippen LogP) is 6.33. The quantitative estimate of drug-likeness (QED) is 0.0902. The number of aliphatic hydroxyl groups is 4. The molecule has 7 rings (SSSR count). The molecule has 9 nitrogen and oxygen atoms in total. The number of fused-ring (bicyclic) bond motifs is 5. The van der Waals surface area contributed by atoms with E-state index in [-0.39, 0.29) is 47.7 Å². The summed E-state index contributed by atoms with van der Waals surface area (Å²) in [5, 5.41) is 61.2. The fourth-order valence-corrected chi connectivity index (χ4v) is 12.4. The van der Waals surface area contributed by atoms with Gasteiger partial charge in [-0.25, -0.2) is 0 Å². The number of benzene rings is 1. The summed E-state index contributed by atoms with van der Waals surface area (Å²) < 4.78 is 6.84. The lowest BCUT2D eigenvalue weighted by Crippen LogP contribution is -2.42. The number of nitrogens with one attached hydrogen (secondary N) is 2. The third-order valence-corrected chi connectivity index (χ3v) is 15.5. The molecule has 0 unspecified atom stereocenters. The Morgan fingerprint density at radius 1 is 1.00 bits per heavy atom. The van der Waals surface area contributed by atoms with Crippen LogP contribution in [0.5, 0.6) is 11.5 Å². The minimum atomic E-state index is -1.02. The maximum absolute atomic E-state index is 12.1. The number of phenols is 1. The summed E-state index contributed by atoms with van der Waals surface area (Å²) in [5.41, 5.74) is 13.1. The highest BCUT2D eigenvalue weighted by Crippen LogP contribution is 2.51. The Kier molecular flexibility index (Phi) is 13.8. The van der Waals surface area contributed by atoms with Crippen LogP contribution in [0.1, 0.15) is 88.0 Å². The topological polar surface area (TPSA) is 164 Å². The van der Waals surface area contributed by atoms with Crippen LogP contribution < -0.4 is 15.8 Å². The normalized spacial score (nSPS) is 33.9. The zero-order valence-corrected chi connectivity index (χ0v) is 34.5. The largest absolute Gasteiger partial charge is 0.504 e. The molecular formula is C45H61N3O6S2. The van der Waals surface area contributed by atoms with E-state index in [4.69, 9.17) is 10.5 Å². The zero-order chi connectivity index (χ0) is 39.3. The molecule has 2 aliphatic heterocycles. The van der Waals surface area contributed by atoms with Gasteiger partial charge in [0.25, 0.3) is 0 Å². The van der Waals surface area contributed by atoms with Crippen molar-refractivity contribution in [3.05, 3.63) is 82.0 Å². The van der Waals surface area contributed by atoms with Crippen LogP contribution >= 0.6 is 21.6 Å². The van der Waals surface area contributed by atoms with Crippen LogP contribution in [0, 0.1) is 47.3 Å². The number of phenolic OH excluding ortho intramolecular Hbond substituents is 1. The van der Waals surface area contributed by atoms with Crippen LogP contribution in [0.4, 0.5) is 0 Å². The average Bonchev–Trinajstić information content (AvgIpc) is 3.65. The van der Waals surface area contributed by atoms with Crippen molar-refractivity contribution in [2.45, 2.75) is 108 Å². The number of aliphatic hydroxyl groups excluding tert-OH is 4. The Balaban J connectivity index is 1.27. The van der Waals surface area contributed by atoms with Gasteiger partial charge in [-0.15, -0.1) is 0 Å². The van der Waals surface area contributed by atoms with Gasteiger partial charge < -0.3 is 46.3 Å². The number of rotatable bonds is 7. The number of hydrogen-bond acceptors (Lipinski definition) is 10. The summed E-state index contributed by atoms with van der Waals surface area (Å²) >= 11 is 0. The van der Waals surface area contributed by atoms with E-state index in [0.29, 0.717) is 55.5 Å². The molecule has 5 aliphatic rings. The first-order valence-corrected chi connectivity index (χ1v) is 23.4. The Hall–Kier alpha value is -2.98. The number of dihydropyridines is 1. The molecule has 0 spiro atoms. The number of nitrogens with two attached hydrogens (primary N) is 1. The molecule has 1 aromatic carbocycles. The van der Waals surface area contributed by atoms with Crippen molar-refractivity contribution in [3.63, 3.8) is 0 Å². The van der Waals surface area contributed by atoms with Gasteiger partial charge in [-0.05, 0) is 104 Å². The molecule has 0 bridgehead atoms. The van der Waals surface area contributed by atoms with Crippen molar-refractivity contribution in [2.24, 2.45) is 41.2 Å². The minimum absolute atomic E-state index is 0.0140. The van der Waals surface area contributed by atoms with E-state index in [2.05, 4.69) is 54.2 Å². The highest BCUT2D eigenvalue weighted by Gasteiger charge is 2.43. The maximum Gasteiger partial charge on any atom is 0.161 e. The summed E-state index contributed by atoms with van der Waals surface area (Å²) in [6, 6.07) is 7.80. The van der Waals surface area contributed by atoms with Crippen LogP contribution in [0.3, 0.4) is 0 Å². The summed E-state index contributed by atoms with van der Waals surface area (Å²) in [7, 11) is 3.28. The molecule has 0 amide bonds. The number of aromatic nitrogens is 1. The fraction of sp³-hybridized carbons (Fsp3) is 0.600. The zero-order valence-electron chi connectivity index (χ0n) is 32.8. The van der Waals surface area contributed by atoms with Crippen LogP contribution in [0.2, 0.25) is 0 Å². The fourth-order valence-electron chi connectivity index (χ4n) is 9.90. The molecule has 3 heterocycles. The first kappa shape index (κ1) is 41.2. The van der Waals surface area contributed by atoms with E-state index >= 15 is 0 Å². The Morgan fingerprint density at radius 2 is 1.84 bits per heavy atom. The first-order chi connectivity index (χ1) is 27.2. The summed E-state index contributed by atoms with van der Waals surface area (Å²) in [6.07, 6.45) is 11.0. The molecule has 1 aromatic heterocycles. The van der Waals surface area contributed by atoms with Crippen LogP contribution in [0.25, 0.3) is 0 Å². The van der Waals surface area contributed by atoms with Gasteiger partial charge in [0.2, 0.25) is 0 Å². The molecule has 2 aromatic rings. The summed E-state index contributed by atoms with van der Waals surface area (Å²) in [4.78, 5) is 3.36. The lowest BCUT2D eigenvalue weighted by molar-refractivity contribution is -0.0214. The van der Waals surface area contributed by atoms with E-state index in [9.17, 15) is 25.5 Å². The predicted molar refractivity (Wildman–Crippen MR) is 226 cm³/mol. The van der Waals surface area contributed by atoms with Gasteiger partial charge in [0.1, 0.15) is 11.9 Å². The number of H-pyrrole nitrogens is 1. The Labute approximate surface area is 340 Å².